The van der Waals surface area contributed by atoms with E-state index in [1.165, 1.54) is 19.3 Å². The van der Waals surface area contributed by atoms with Crippen molar-refractivity contribution < 1.29 is 4.74 Å². The van der Waals surface area contributed by atoms with Crippen LogP contribution in [-0.4, -0.2) is 30.8 Å². The molecule has 1 aliphatic carbocycles. The maximum atomic E-state index is 6.06. The first-order chi connectivity index (χ1) is 17.7. The Kier molecular flexibility index (Phi) is 6.07. The number of aromatic nitrogens is 5. The third-order valence-electron chi connectivity index (χ3n) is 6.78. The predicted octanol–water partition coefficient (Wildman–Crippen LogP) is 5.33. The van der Waals surface area contributed by atoms with Crippen molar-refractivity contribution >= 4 is 33.3 Å². The molecule has 0 aliphatic heterocycles. The molecule has 8 heteroatoms. The van der Waals surface area contributed by atoms with Crippen LogP contribution in [0.2, 0.25) is 0 Å². The highest BCUT2D eigenvalue weighted by molar-refractivity contribution is 5.91. The van der Waals surface area contributed by atoms with Gasteiger partial charge in [-0.15, -0.1) is 0 Å². The number of benzene rings is 1. The van der Waals surface area contributed by atoms with Crippen LogP contribution in [0.15, 0.2) is 67.3 Å². The summed E-state index contributed by atoms with van der Waals surface area (Å²) in [5.74, 6) is 2.06. The number of nitrogen functional groups attached to an aromatic ring is 1. The molecule has 1 fully saturated rings. The number of pyridine rings is 3. The summed E-state index contributed by atoms with van der Waals surface area (Å²) < 4.78 is 7.99. The molecule has 0 atom stereocenters. The Labute approximate surface area is 209 Å². The van der Waals surface area contributed by atoms with Gasteiger partial charge in [-0.25, -0.2) is 15.0 Å². The van der Waals surface area contributed by atoms with E-state index in [2.05, 4.69) is 38.5 Å². The monoisotopic (exact) mass is 479 g/mol. The molecule has 5 aromatic rings. The summed E-state index contributed by atoms with van der Waals surface area (Å²) in [5, 5.41) is 11.2. The lowest BCUT2D eigenvalue weighted by molar-refractivity contribution is 0.148. The molecule has 4 aromatic heterocycles. The maximum Gasteiger partial charge on any atom is 0.213 e. The second-order valence-corrected chi connectivity index (χ2v) is 9.41. The van der Waals surface area contributed by atoms with Crippen molar-refractivity contribution in [1.29, 1.82) is 0 Å². The van der Waals surface area contributed by atoms with Crippen LogP contribution in [0.5, 0.6) is 5.88 Å². The Morgan fingerprint density at radius 2 is 1.78 bits per heavy atom. The average Bonchev–Trinajstić information content (AvgIpc) is 3.32. The van der Waals surface area contributed by atoms with Crippen LogP contribution in [0.25, 0.3) is 21.7 Å². The van der Waals surface area contributed by atoms with Crippen molar-refractivity contribution in [3.05, 3.63) is 78.4 Å². The average molecular weight is 480 g/mol. The molecule has 0 bridgehead atoms. The minimum atomic E-state index is 0.302. The fraction of sp³-hybridized carbons (Fsp3) is 0.286. The highest BCUT2D eigenvalue weighted by Gasteiger charge is 2.15. The molecule has 0 radical (unpaired) electrons. The highest BCUT2D eigenvalue weighted by atomic mass is 16.5. The van der Waals surface area contributed by atoms with Crippen molar-refractivity contribution in [3.63, 3.8) is 0 Å². The molecule has 182 valence electrons. The molecule has 0 unspecified atom stereocenters. The molecule has 0 spiro atoms. The molecule has 1 aromatic carbocycles. The number of hydrogen-bond acceptors (Lipinski definition) is 7. The summed E-state index contributed by atoms with van der Waals surface area (Å²) in [5.41, 5.74) is 9.09. The number of rotatable bonds is 7. The fourth-order valence-corrected chi connectivity index (χ4v) is 4.88. The molecule has 1 aliphatic rings. The molecular weight excluding hydrogens is 450 g/mol. The van der Waals surface area contributed by atoms with Crippen molar-refractivity contribution in [2.24, 2.45) is 0 Å². The Balaban J connectivity index is 1.14. The van der Waals surface area contributed by atoms with Crippen LogP contribution in [-0.2, 0) is 13.1 Å². The van der Waals surface area contributed by atoms with E-state index in [4.69, 9.17) is 15.6 Å². The predicted molar refractivity (Wildman–Crippen MR) is 142 cm³/mol. The minimum absolute atomic E-state index is 0.302. The van der Waals surface area contributed by atoms with E-state index in [1.54, 1.807) is 12.4 Å². The Hall–Kier alpha value is -4.20. The van der Waals surface area contributed by atoms with Gasteiger partial charge in [-0.05, 0) is 60.4 Å². The maximum absolute atomic E-state index is 6.06. The summed E-state index contributed by atoms with van der Waals surface area (Å²) in [6.07, 6.45) is 13.8. The summed E-state index contributed by atoms with van der Waals surface area (Å²) in [6.45, 7) is 1.27. The lowest BCUT2D eigenvalue weighted by atomic mass is 9.98. The zero-order valence-electron chi connectivity index (χ0n) is 20.1. The van der Waals surface area contributed by atoms with Crippen molar-refractivity contribution in [2.45, 2.75) is 51.3 Å². The van der Waals surface area contributed by atoms with Crippen molar-refractivity contribution in [1.82, 2.24) is 24.7 Å². The smallest absolute Gasteiger partial charge is 0.213 e. The van der Waals surface area contributed by atoms with E-state index < -0.39 is 0 Å². The van der Waals surface area contributed by atoms with Crippen LogP contribution in [0.1, 0.15) is 43.2 Å². The number of hydrogen-bond donors (Lipinski definition) is 2. The van der Waals surface area contributed by atoms with E-state index in [1.807, 2.05) is 41.3 Å². The van der Waals surface area contributed by atoms with E-state index >= 15 is 0 Å². The molecular formula is C28H29N7O. The van der Waals surface area contributed by atoms with E-state index in [0.717, 1.165) is 51.5 Å². The summed E-state index contributed by atoms with van der Waals surface area (Å²) in [4.78, 5) is 13.3. The van der Waals surface area contributed by atoms with E-state index in [-0.39, 0.29) is 0 Å². The Morgan fingerprint density at radius 3 is 2.64 bits per heavy atom. The summed E-state index contributed by atoms with van der Waals surface area (Å²) in [7, 11) is 0. The standard InChI is InChI=1S/C28H29N7O/c29-27-23-8-6-19(14-21(23)10-12-30-27)15-33-28-24-18-35(34-25(24)11-13-31-28)17-20-7-9-26(32-16-20)36-22-4-2-1-3-5-22/h6-14,16,18,22H,1-5,15,17H2,(H2,29,30)(H,31,33). The van der Waals surface area contributed by atoms with Gasteiger partial charge in [0.05, 0.1) is 17.4 Å². The normalized spacial score (nSPS) is 14.3. The minimum Gasteiger partial charge on any atom is -0.474 e. The van der Waals surface area contributed by atoms with E-state index in [9.17, 15) is 0 Å². The van der Waals surface area contributed by atoms with Gasteiger partial charge in [0.1, 0.15) is 17.7 Å². The molecule has 3 N–H and O–H groups in total. The topological polar surface area (TPSA) is 104 Å². The van der Waals surface area contributed by atoms with Gasteiger partial charge in [-0.1, -0.05) is 24.6 Å². The summed E-state index contributed by atoms with van der Waals surface area (Å²) in [6, 6.07) is 14.1. The molecule has 1 saturated carbocycles. The zero-order chi connectivity index (χ0) is 24.3. The van der Waals surface area contributed by atoms with Crippen molar-refractivity contribution in [3.8, 4) is 5.88 Å². The van der Waals surface area contributed by atoms with Gasteiger partial charge >= 0.3 is 0 Å². The first kappa shape index (κ1) is 22.3. The lowest BCUT2D eigenvalue weighted by Crippen LogP contribution is -2.20. The molecule has 36 heavy (non-hydrogen) atoms. The second kappa shape index (κ2) is 9.81. The second-order valence-electron chi connectivity index (χ2n) is 9.41. The van der Waals surface area contributed by atoms with Crippen LogP contribution in [0, 0.1) is 0 Å². The largest absolute Gasteiger partial charge is 0.474 e. The first-order valence-corrected chi connectivity index (χ1v) is 12.5. The van der Waals surface area contributed by atoms with Gasteiger partial charge in [0.15, 0.2) is 0 Å². The third-order valence-corrected chi connectivity index (χ3v) is 6.78. The quantitative estimate of drug-likeness (QED) is 0.325. The SMILES string of the molecule is Nc1nccc2cc(CNc3nccc4nn(Cc5ccc(OC6CCCCC6)nc5)cc34)ccc12. The van der Waals surface area contributed by atoms with Crippen molar-refractivity contribution in [2.75, 3.05) is 11.1 Å². The van der Waals surface area contributed by atoms with E-state index in [0.29, 0.717) is 30.9 Å². The third kappa shape index (κ3) is 4.79. The van der Waals surface area contributed by atoms with Crippen LogP contribution in [0.4, 0.5) is 11.6 Å². The molecule has 6 rings (SSSR count). The number of nitrogens with one attached hydrogen (secondary N) is 1. The molecule has 4 heterocycles. The van der Waals surface area contributed by atoms with Gasteiger partial charge in [0, 0.05) is 42.8 Å². The lowest BCUT2D eigenvalue weighted by Gasteiger charge is -2.22. The van der Waals surface area contributed by atoms with Gasteiger partial charge < -0.3 is 15.8 Å². The number of ether oxygens (including phenoxy) is 1. The Bertz CT molecular complexity index is 1490. The number of nitrogens with zero attached hydrogens (tertiary/aromatic N) is 5. The highest BCUT2D eigenvalue weighted by Crippen LogP contribution is 2.24. The number of anilines is 2. The molecule has 0 saturated heterocycles. The zero-order valence-corrected chi connectivity index (χ0v) is 20.1. The summed E-state index contributed by atoms with van der Waals surface area (Å²) >= 11 is 0. The molecule has 8 nitrogen and oxygen atoms in total. The Morgan fingerprint density at radius 1 is 0.917 bits per heavy atom. The number of nitrogens with two attached hydrogens (primary N) is 1. The van der Waals surface area contributed by atoms with Gasteiger partial charge in [0.25, 0.3) is 0 Å². The van der Waals surface area contributed by atoms with Crippen LogP contribution >= 0.6 is 0 Å². The van der Waals surface area contributed by atoms with Gasteiger partial charge in [-0.2, -0.15) is 5.10 Å². The first-order valence-electron chi connectivity index (χ1n) is 12.5. The van der Waals surface area contributed by atoms with Crippen LogP contribution in [0.3, 0.4) is 0 Å². The van der Waals surface area contributed by atoms with Gasteiger partial charge in [-0.3, -0.25) is 4.68 Å². The number of fused-ring (bicyclic) bond motifs is 2. The molecule has 0 amide bonds. The van der Waals surface area contributed by atoms with Gasteiger partial charge in [0.2, 0.25) is 5.88 Å². The van der Waals surface area contributed by atoms with Crippen LogP contribution < -0.4 is 15.8 Å². The fourth-order valence-electron chi connectivity index (χ4n) is 4.88.